The van der Waals surface area contributed by atoms with Crippen molar-refractivity contribution < 1.29 is 33.8 Å². The summed E-state index contributed by atoms with van der Waals surface area (Å²) in [6, 6.07) is 10.5. The zero-order valence-electron chi connectivity index (χ0n) is 19.1. The molecule has 34 heavy (non-hydrogen) atoms. The highest BCUT2D eigenvalue weighted by atomic mass is 35.5. The second-order valence-electron chi connectivity index (χ2n) is 8.20. The number of hydrogen-bond acceptors (Lipinski definition) is 6. The molecule has 0 spiro atoms. The third-order valence-corrected chi connectivity index (χ3v) is 6.53. The highest BCUT2D eigenvalue weighted by Gasteiger charge is 2.45. The molecule has 1 amide bonds. The quantitative estimate of drug-likeness (QED) is 0.348. The van der Waals surface area contributed by atoms with Gasteiger partial charge in [-0.25, -0.2) is 0 Å². The molecule has 0 aromatic heterocycles. The molecular weight excluding hydrogens is 460 g/mol. The first-order valence-corrected chi connectivity index (χ1v) is 11.5. The number of amides is 1. The van der Waals surface area contributed by atoms with Crippen molar-refractivity contribution in [2.75, 3.05) is 53.6 Å². The molecule has 2 aliphatic heterocycles. The van der Waals surface area contributed by atoms with Crippen LogP contribution in [0.1, 0.15) is 17.2 Å². The number of hydrogen-bond donors (Lipinski definition) is 1. The maximum absolute atomic E-state index is 13.5. The molecule has 0 saturated carbocycles. The monoisotopic (exact) mass is 486 g/mol. The smallest absolute Gasteiger partial charge is 0.295 e. The number of likely N-dealkylation sites (tertiary alicyclic amines) is 1. The van der Waals surface area contributed by atoms with Gasteiger partial charge < -0.3 is 29.1 Å². The third kappa shape index (κ3) is 4.75. The van der Waals surface area contributed by atoms with Crippen molar-refractivity contribution in [3.63, 3.8) is 0 Å². The van der Waals surface area contributed by atoms with Crippen LogP contribution in [0.3, 0.4) is 0 Å². The first-order chi connectivity index (χ1) is 16.4. The molecule has 2 aliphatic rings. The summed E-state index contributed by atoms with van der Waals surface area (Å²) in [4.78, 5) is 29.2. The van der Waals surface area contributed by atoms with E-state index in [1.165, 1.54) is 24.0 Å². The van der Waals surface area contributed by atoms with E-state index in [-0.39, 0.29) is 11.1 Å². The molecule has 1 atom stereocenters. The average molecular weight is 487 g/mol. The lowest BCUT2D eigenvalue weighted by atomic mass is 9.94. The number of nitrogens with one attached hydrogen (secondary N) is 1. The van der Waals surface area contributed by atoms with E-state index >= 15 is 0 Å². The number of methoxy groups -OCH3 is 2. The van der Waals surface area contributed by atoms with E-state index in [9.17, 15) is 14.7 Å². The number of quaternary nitrogens is 1. The Hall–Kier alpha value is -3.07. The van der Waals surface area contributed by atoms with Gasteiger partial charge in [0.15, 0.2) is 0 Å². The largest absolute Gasteiger partial charge is 0.872 e. The molecule has 0 aliphatic carbocycles. The molecule has 0 radical (unpaired) electrons. The second-order valence-corrected chi connectivity index (χ2v) is 8.64. The van der Waals surface area contributed by atoms with E-state index in [0.29, 0.717) is 48.4 Å². The predicted octanol–water partition coefficient (Wildman–Crippen LogP) is 0.496. The van der Waals surface area contributed by atoms with Gasteiger partial charge in [0.2, 0.25) is 5.78 Å². The minimum atomic E-state index is -0.895. The number of carbonyl (C=O) groups is 2. The van der Waals surface area contributed by atoms with E-state index < -0.39 is 23.5 Å². The molecule has 1 unspecified atom stereocenters. The Morgan fingerprint density at radius 1 is 1.12 bits per heavy atom. The van der Waals surface area contributed by atoms with E-state index in [4.69, 9.17) is 25.8 Å². The van der Waals surface area contributed by atoms with Crippen molar-refractivity contribution in [3.8, 4) is 11.5 Å². The summed E-state index contributed by atoms with van der Waals surface area (Å²) in [5.74, 6) is -1.02. The van der Waals surface area contributed by atoms with Gasteiger partial charge in [0.25, 0.3) is 5.91 Å². The highest BCUT2D eigenvalue weighted by molar-refractivity contribution is 6.46. The highest BCUT2D eigenvalue weighted by Crippen LogP contribution is 2.43. The van der Waals surface area contributed by atoms with Crippen LogP contribution in [-0.2, 0) is 14.3 Å². The van der Waals surface area contributed by atoms with Crippen molar-refractivity contribution in [2.24, 2.45) is 0 Å². The molecule has 2 heterocycles. The Morgan fingerprint density at radius 3 is 2.47 bits per heavy atom. The number of morpholine rings is 1. The van der Waals surface area contributed by atoms with Crippen molar-refractivity contribution in [1.82, 2.24) is 4.90 Å². The van der Waals surface area contributed by atoms with Crippen LogP contribution in [0.5, 0.6) is 11.5 Å². The van der Waals surface area contributed by atoms with Crippen molar-refractivity contribution >= 4 is 29.1 Å². The van der Waals surface area contributed by atoms with Gasteiger partial charge in [0.05, 0.1) is 46.6 Å². The van der Waals surface area contributed by atoms with Crippen LogP contribution in [0.4, 0.5) is 0 Å². The lowest BCUT2D eigenvalue weighted by Crippen LogP contribution is -3.14. The Bertz CT molecular complexity index is 1100. The Kier molecular flexibility index (Phi) is 7.41. The van der Waals surface area contributed by atoms with Crippen molar-refractivity contribution in [1.29, 1.82) is 0 Å². The van der Waals surface area contributed by atoms with Gasteiger partial charge in [-0.1, -0.05) is 29.5 Å². The molecule has 4 rings (SSSR count). The van der Waals surface area contributed by atoms with E-state index in [1.54, 1.807) is 42.5 Å². The molecule has 2 fully saturated rings. The number of halogens is 1. The van der Waals surface area contributed by atoms with Crippen LogP contribution >= 0.6 is 11.6 Å². The van der Waals surface area contributed by atoms with Gasteiger partial charge in [-0.05, 0) is 35.9 Å². The number of ketones is 1. The Morgan fingerprint density at radius 2 is 1.82 bits per heavy atom. The number of ether oxygens (including phenoxy) is 3. The van der Waals surface area contributed by atoms with Gasteiger partial charge in [0.1, 0.15) is 24.6 Å². The summed E-state index contributed by atoms with van der Waals surface area (Å²) >= 11 is 5.97. The van der Waals surface area contributed by atoms with Crippen LogP contribution in [0.2, 0.25) is 5.02 Å². The summed E-state index contributed by atoms with van der Waals surface area (Å²) in [5.41, 5.74) is 0.708. The topological polar surface area (TPSA) is 92.6 Å². The summed E-state index contributed by atoms with van der Waals surface area (Å²) in [6.07, 6.45) is 0. The SMILES string of the molecule is COc1ccc(OC)c(C2C(=C([O-])c3ccc(Cl)cc3)C(=O)C(=O)N2CC[NH+]2CCOCC2)c1. The molecule has 0 bridgehead atoms. The van der Waals surface area contributed by atoms with Crippen LogP contribution in [0.15, 0.2) is 48.0 Å². The molecule has 8 nitrogen and oxygen atoms in total. The minimum absolute atomic E-state index is 0.101. The van der Waals surface area contributed by atoms with Crippen LogP contribution in [-0.4, -0.2) is 70.2 Å². The number of benzene rings is 2. The first-order valence-electron chi connectivity index (χ1n) is 11.1. The molecule has 2 aromatic carbocycles. The van der Waals surface area contributed by atoms with Crippen LogP contribution < -0.4 is 19.5 Å². The van der Waals surface area contributed by atoms with Crippen molar-refractivity contribution in [2.45, 2.75) is 6.04 Å². The zero-order chi connectivity index (χ0) is 24.2. The minimum Gasteiger partial charge on any atom is -0.872 e. The summed E-state index contributed by atoms with van der Waals surface area (Å²) < 4.78 is 16.3. The number of carbonyl (C=O) groups excluding carboxylic acids is 2. The van der Waals surface area contributed by atoms with E-state index in [0.717, 1.165) is 13.1 Å². The zero-order valence-corrected chi connectivity index (χ0v) is 19.9. The molecule has 9 heteroatoms. The number of rotatable bonds is 7. The number of nitrogens with zero attached hydrogens (tertiary/aromatic N) is 1. The van der Waals surface area contributed by atoms with E-state index in [1.807, 2.05) is 0 Å². The summed E-state index contributed by atoms with van der Waals surface area (Å²) in [6.45, 7) is 3.90. The fraction of sp³-hybridized carbons (Fsp3) is 0.360. The van der Waals surface area contributed by atoms with Gasteiger partial charge in [-0.2, -0.15) is 0 Å². The summed E-state index contributed by atoms with van der Waals surface area (Å²) in [7, 11) is 3.03. The third-order valence-electron chi connectivity index (χ3n) is 6.27. The lowest BCUT2D eigenvalue weighted by molar-refractivity contribution is -0.907. The molecule has 180 valence electrons. The fourth-order valence-corrected chi connectivity index (χ4v) is 4.55. The Labute approximate surface area is 203 Å². The predicted molar refractivity (Wildman–Crippen MR) is 124 cm³/mol. The molecule has 2 aromatic rings. The second kappa shape index (κ2) is 10.5. The fourth-order valence-electron chi connectivity index (χ4n) is 4.42. The maximum Gasteiger partial charge on any atom is 0.295 e. The average Bonchev–Trinajstić information content (AvgIpc) is 3.12. The van der Waals surface area contributed by atoms with Gasteiger partial charge in [-0.3, -0.25) is 9.59 Å². The maximum atomic E-state index is 13.5. The molecule has 1 N–H and O–H groups in total. The standard InChI is InChI=1S/C25H27ClN2O6/c1-32-18-7-8-20(33-2)19(15-18)22-21(23(29)16-3-5-17(26)6-4-16)24(30)25(31)28(22)10-9-27-11-13-34-14-12-27/h3-8,15,22,29H,9-14H2,1-2H3. The van der Waals surface area contributed by atoms with Gasteiger partial charge in [-0.15, -0.1) is 0 Å². The lowest BCUT2D eigenvalue weighted by Gasteiger charge is -2.30. The summed E-state index contributed by atoms with van der Waals surface area (Å²) in [5, 5.41) is 14.0. The van der Waals surface area contributed by atoms with Gasteiger partial charge >= 0.3 is 0 Å². The van der Waals surface area contributed by atoms with Crippen LogP contribution in [0, 0.1) is 0 Å². The number of Topliss-reactive ketones (excluding diaryl/α,β-unsaturated/α-hetero) is 1. The van der Waals surface area contributed by atoms with Crippen LogP contribution in [0.25, 0.3) is 5.76 Å². The van der Waals surface area contributed by atoms with Crippen molar-refractivity contribution in [3.05, 3.63) is 64.2 Å². The molecule has 2 saturated heterocycles. The first kappa shape index (κ1) is 24.1. The van der Waals surface area contributed by atoms with E-state index in [2.05, 4.69) is 0 Å². The Balaban J connectivity index is 1.81. The molecular formula is C25H27ClN2O6. The van der Waals surface area contributed by atoms with Gasteiger partial charge in [0, 0.05) is 16.2 Å². The normalized spacial score (nSPS) is 20.6.